The van der Waals surface area contributed by atoms with E-state index in [-0.39, 0.29) is 10.8 Å². The number of carbonyl (C=O) groups is 2. The highest BCUT2D eigenvalue weighted by molar-refractivity contribution is 7.99. The summed E-state index contributed by atoms with van der Waals surface area (Å²) in [7, 11) is 0. The topological polar surface area (TPSA) is 105 Å². The van der Waals surface area contributed by atoms with Gasteiger partial charge < -0.3 is 14.5 Å². The summed E-state index contributed by atoms with van der Waals surface area (Å²) in [5.41, 5.74) is 2.03. The minimum absolute atomic E-state index is 0.0485. The van der Waals surface area contributed by atoms with Crippen molar-refractivity contribution in [3.63, 3.8) is 0 Å². The van der Waals surface area contributed by atoms with Gasteiger partial charge in [0.2, 0.25) is 0 Å². The Morgan fingerprint density at radius 1 is 1.36 bits per heavy atom. The summed E-state index contributed by atoms with van der Waals surface area (Å²) in [5, 5.41) is 12.0. The Hall–Kier alpha value is -3.02. The van der Waals surface area contributed by atoms with Gasteiger partial charge in [-0.05, 0) is 37.3 Å². The number of hydrogen-bond acceptors (Lipinski definition) is 7. The summed E-state index contributed by atoms with van der Waals surface area (Å²) >= 11 is 7.01. The van der Waals surface area contributed by atoms with Crippen LogP contribution in [-0.4, -0.2) is 28.7 Å². The number of nitriles is 1. The smallest absolute Gasteiger partial charge is 0.317 e. The molecule has 0 saturated heterocycles. The van der Waals surface area contributed by atoms with Gasteiger partial charge in [-0.3, -0.25) is 9.59 Å². The van der Waals surface area contributed by atoms with Gasteiger partial charge in [0.05, 0.1) is 10.6 Å². The first-order valence-corrected chi connectivity index (χ1v) is 9.51. The number of nitrogens with one attached hydrogen (secondary N) is 1. The number of halogens is 1. The van der Waals surface area contributed by atoms with Gasteiger partial charge in [0.25, 0.3) is 11.1 Å². The zero-order valence-corrected chi connectivity index (χ0v) is 16.2. The van der Waals surface area contributed by atoms with Crippen LogP contribution in [0, 0.1) is 11.3 Å². The number of carbonyl (C=O) groups excluding carboxylic acids is 2. The van der Waals surface area contributed by atoms with E-state index in [1.807, 2.05) is 24.3 Å². The van der Waals surface area contributed by atoms with Gasteiger partial charge >= 0.3 is 5.97 Å². The van der Waals surface area contributed by atoms with Crippen molar-refractivity contribution in [2.75, 3.05) is 11.1 Å². The molecule has 1 aromatic heterocycles. The van der Waals surface area contributed by atoms with Crippen LogP contribution in [0.5, 0.6) is 0 Å². The van der Waals surface area contributed by atoms with Crippen LogP contribution in [0.3, 0.4) is 0 Å². The van der Waals surface area contributed by atoms with Gasteiger partial charge in [0, 0.05) is 5.69 Å². The Balaban J connectivity index is 1.51. The molecule has 1 amide bonds. The summed E-state index contributed by atoms with van der Waals surface area (Å²) in [6, 6.07) is 13.7. The Morgan fingerprint density at radius 2 is 2.14 bits per heavy atom. The summed E-state index contributed by atoms with van der Waals surface area (Å²) < 4.78 is 10.6. The standard InChI is InChI=1S/C19H14ClN3O4S/c1-11(18(25)22-13-7-6-12(9-21)14(20)8-13)26-17(24)10-28-19-23-15-4-2-3-5-16(15)27-19/h2-8,11H,10H2,1H3,(H,22,25). The molecule has 28 heavy (non-hydrogen) atoms. The maximum Gasteiger partial charge on any atom is 0.317 e. The van der Waals surface area contributed by atoms with Crippen molar-refractivity contribution in [3.8, 4) is 6.07 Å². The highest BCUT2D eigenvalue weighted by Crippen LogP contribution is 2.23. The van der Waals surface area contributed by atoms with Crippen molar-refractivity contribution >= 4 is 52.0 Å². The Bertz CT molecular complexity index is 1040. The minimum atomic E-state index is -1.01. The molecule has 0 radical (unpaired) electrons. The third-order valence-corrected chi connectivity index (χ3v) is 4.74. The van der Waals surface area contributed by atoms with Crippen LogP contribution < -0.4 is 5.32 Å². The van der Waals surface area contributed by atoms with Crippen molar-refractivity contribution in [2.45, 2.75) is 18.3 Å². The summed E-state index contributed by atoms with van der Waals surface area (Å²) in [4.78, 5) is 28.4. The number of nitrogens with zero attached hydrogens (tertiary/aromatic N) is 2. The van der Waals surface area contributed by atoms with E-state index in [1.54, 1.807) is 12.1 Å². The molecule has 142 valence electrons. The summed E-state index contributed by atoms with van der Waals surface area (Å²) in [5.74, 6) is -1.14. The number of benzene rings is 2. The highest BCUT2D eigenvalue weighted by atomic mass is 35.5. The minimum Gasteiger partial charge on any atom is -0.452 e. The highest BCUT2D eigenvalue weighted by Gasteiger charge is 2.19. The van der Waals surface area contributed by atoms with Gasteiger partial charge in [-0.25, -0.2) is 4.98 Å². The van der Waals surface area contributed by atoms with E-state index < -0.39 is 18.0 Å². The molecule has 7 nitrogen and oxygen atoms in total. The molecule has 2 aromatic carbocycles. The number of oxazole rings is 1. The molecule has 1 unspecified atom stereocenters. The Kier molecular flexibility index (Phi) is 6.19. The first kappa shape index (κ1) is 19.7. The molecular weight excluding hydrogens is 402 g/mol. The van der Waals surface area contributed by atoms with Crippen molar-refractivity contribution in [3.05, 3.63) is 53.1 Å². The van der Waals surface area contributed by atoms with Crippen molar-refractivity contribution in [1.29, 1.82) is 5.26 Å². The fourth-order valence-corrected chi connectivity index (χ4v) is 3.09. The third-order valence-electron chi connectivity index (χ3n) is 3.62. The zero-order chi connectivity index (χ0) is 20.1. The maximum absolute atomic E-state index is 12.2. The van der Waals surface area contributed by atoms with Crippen LogP contribution >= 0.6 is 23.4 Å². The number of esters is 1. The fourth-order valence-electron chi connectivity index (χ4n) is 2.25. The molecule has 0 saturated carbocycles. The van der Waals surface area contributed by atoms with Crippen molar-refractivity contribution in [1.82, 2.24) is 4.98 Å². The lowest BCUT2D eigenvalue weighted by molar-refractivity contribution is -0.150. The molecule has 9 heteroatoms. The van der Waals surface area contributed by atoms with Crippen molar-refractivity contribution in [2.24, 2.45) is 0 Å². The number of amides is 1. The number of fused-ring (bicyclic) bond motifs is 1. The van der Waals surface area contributed by atoms with E-state index in [4.69, 9.17) is 26.0 Å². The van der Waals surface area contributed by atoms with Gasteiger partial charge in [0.15, 0.2) is 11.7 Å². The van der Waals surface area contributed by atoms with Crippen LogP contribution in [0.15, 0.2) is 52.1 Å². The van der Waals surface area contributed by atoms with Crippen molar-refractivity contribution < 1.29 is 18.7 Å². The zero-order valence-electron chi connectivity index (χ0n) is 14.6. The van der Waals surface area contributed by atoms with E-state index >= 15 is 0 Å². The van der Waals surface area contributed by atoms with Crippen LogP contribution in [0.25, 0.3) is 11.1 Å². The second-order valence-corrected chi connectivity index (χ2v) is 7.00. The Labute approximate surface area is 169 Å². The quantitative estimate of drug-likeness (QED) is 0.478. The lowest BCUT2D eigenvalue weighted by Gasteiger charge is -2.13. The normalized spacial score (nSPS) is 11.6. The molecule has 0 aliphatic rings. The van der Waals surface area contributed by atoms with Gasteiger partial charge in [-0.2, -0.15) is 5.26 Å². The third kappa shape index (κ3) is 4.82. The number of aromatic nitrogens is 1. The van der Waals surface area contributed by atoms with E-state index in [1.165, 1.54) is 19.1 Å². The molecular formula is C19H14ClN3O4S. The summed E-state index contributed by atoms with van der Waals surface area (Å²) in [6.07, 6.45) is -1.01. The lowest BCUT2D eigenvalue weighted by Crippen LogP contribution is -2.30. The molecule has 1 N–H and O–H groups in total. The van der Waals surface area contributed by atoms with Crippen LogP contribution in [0.4, 0.5) is 5.69 Å². The van der Waals surface area contributed by atoms with E-state index in [0.29, 0.717) is 27.6 Å². The largest absolute Gasteiger partial charge is 0.452 e. The molecule has 1 heterocycles. The molecule has 3 rings (SSSR count). The second kappa shape index (κ2) is 8.78. The predicted molar refractivity (Wildman–Crippen MR) is 105 cm³/mol. The molecule has 0 fully saturated rings. The summed E-state index contributed by atoms with van der Waals surface area (Å²) in [6.45, 7) is 1.46. The Morgan fingerprint density at radius 3 is 2.86 bits per heavy atom. The SMILES string of the molecule is CC(OC(=O)CSc1nc2ccccc2o1)C(=O)Nc1ccc(C#N)c(Cl)c1. The second-order valence-electron chi connectivity index (χ2n) is 5.66. The average molecular weight is 416 g/mol. The number of rotatable bonds is 6. The van der Waals surface area contributed by atoms with Crippen LogP contribution in [0.2, 0.25) is 5.02 Å². The first-order chi connectivity index (χ1) is 13.5. The number of anilines is 1. The monoisotopic (exact) mass is 415 g/mol. The van der Waals surface area contributed by atoms with E-state index in [2.05, 4.69) is 10.3 Å². The maximum atomic E-state index is 12.2. The van der Waals surface area contributed by atoms with Gasteiger partial charge in [-0.1, -0.05) is 35.5 Å². The lowest BCUT2D eigenvalue weighted by atomic mass is 10.2. The van der Waals surface area contributed by atoms with Crippen LogP contribution in [-0.2, 0) is 14.3 Å². The number of hydrogen-bond donors (Lipinski definition) is 1. The fraction of sp³-hybridized carbons (Fsp3) is 0.158. The molecule has 0 aliphatic carbocycles. The molecule has 0 aliphatic heterocycles. The average Bonchev–Trinajstić information content (AvgIpc) is 3.09. The number of thioether (sulfide) groups is 1. The number of ether oxygens (including phenoxy) is 1. The van der Waals surface area contributed by atoms with E-state index in [9.17, 15) is 9.59 Å². The molecule has 3 aromatic rings. The predicted octanol–water partition coefficient (Wildman–Crippen LogP) is 4.02. The molecule has 1 atom stereocenters. The molecule has 0 bridgehead atoms. The molecule has 0 spiro atoms. The van der Waals surface area contributed by atoms with Gasteiger partial charge in [-0.15, -0.1) is 0 Å². The number of para-hydroxylation sites is 2. The first-order valence-electron chi connectivity index (χ1n) is 8.14. The van der Waals surface area contributed by atoms with E-state index in [0.717, 1.165) is 11.8 Å². The van der Waals surface area contributed by atoms with Gasteiger partial charge in [0.1, 0.15) is 17.3 Å². The van der Waals surface area contributed by atoms with Crippen LogP contribution in [0.1, 0.15) is 12.5 Å².